The second kappa shape index (κ2) is 9.78. The van der Waals surface area contributed by atoms with Gasteiger partial charge in [0.1, 0.15) is 5.75 Å². The molecule has 1 aromatic heterocycles. The Kier molecular flexibility index (Phi) is 7.13. The van der Waals surface area contributed by atoms with E-state index in [-0.39, 0.29) is 6.04 Å². The van der Waals surface area contributed by atoms with Crippen LogP contribution < -0.4 is 15.8 Å². The summed E-state index contributed by atoms with van der Waals surface area (Å²) in [6.45, 7) is 2.51. The molecule has 2 aromatic carbocycles. The Morgan fingerprint density at radius 1 is 1.27 bits per heavy atom. The van der Waals surface area contributed by atoms with Gasteiger partial charge in [-0.3, -0.25) is 9.78 Å². The number of carbonyl (C=O) groups excluding carboxylic acids is 1. The van der Waals surface area contributed by atoms with Crippen molar-refractivity contribution in [3.8, 4) is 5.75 Å². The maximum Gasteiger partial charge on any atom is 0.250 e. The van der Waals surface area contributed by atoms with Gasteiger partial charge in [0.2, 0.25) is 0 Å². The number of primary amides is 1. The zero-order chi connectivity index (χ0) is 21.7. The molecule has 3 aromatic rings. The highest BCUT2D eigenvalue weighted by atomic mass is 35.5. The minimum atomic E-state index is -0.509. The van der Waals surface area contributed by atoms with Gasteiger partial charge in [-0.15, -0.1) is 0 Å². The molecule has 7 heteroatoms. The monoisotopic (exact) mass is 427 g/mol. The summed E-state index contributed by atoms with van der Waals surface area (Å²) in [4.78, 5) is 16.4. The molecule has 1 heterocycles. The molecule has 1 atom stereocenters. The van der Waals surface area contributed by atoms with E-state index in [9.17, 15) is 4.79 Å². The molecule has 0 saturated carbocycles. The van der Waals surface area contributed by atoms with Gasteiger partial charge in [-0.1, -0.05) is 43.1 Å². The number of fused-ring (bicyclic) bond motifs is 1. The number of amides is 1. The molecule has 0 radical (unpaired) electrons. The Balaban J connectivity index is 2.12. The SMILES string of the molecule is CCC[C@@H](Nc1c(COC)cnc2c(C(N)=O)cccc12)c1ccc(OC)c(Cl)c1. The fourth-order valence-electron chi connectivity index (χ4n) is 3.58. The van der Waals surface area contributed by atoms with Crippen LogP contribution in [0.5, 0.6) is 5.75 Å². The summed E-state index contributed by atoms with van der Waals surface area (Å²) in [6.07, 6.45) is 3.58. The summed E-state index contributed by atoms with van der Waals surface area (Å²) in [7, 11) is 3.24. The average Bonchev–Trinajstić information content (AvgIpc) is 2.74. The number of nitrogens with one attached hydrogen (secondary N) is 1. The molecular formula is C23H26ClN3O3. The van der Waals surface area contributed by atoms with Crippen LogP contribution in [0.15, 0.2) is 42.6 Å². The lowest BCUT2D eigenvalue weighted by molar-refractivity contribution is 0.100. The van der Waals surface area contributed by atoms with E-state index in [1.54, 1.807) is 26.5 Å². The van der Waals surface area contributed by atoms with E-state index in [1.807, 2.05) is 30.3 Å². The van der Waals surface area contributed by atoms with Crippen LogP contribution in [-0.2, 0) is 11.3 Å². The van der Waals surface area contributed by atoms with E-state index >= 15 is 0 Å². The Morgan fingerprint density at radius 2 is 2.07 bits per heavy atom. The number of para-hydroxylation sites is 1. The third-order valence-corrected chi connectivity index (χ3v) is 5.31. The first-order valence-electron chi connectivity index (χ1n) is 9.79. The number of carbonyl (C=O) groups is 1. The lowest BCUT2D eigenvalue weighted by atomic mass is 9.99. The number of halogens is 1. The van der Waals surface area contributed by atoms with E-state index in [4.69, 9.17) is 26.8 Å². The summed E-state index contributed by atoms with van der Waals surface area (Å²) >= 11 is 6.37. The minimum absolute atomic E-state index is 0.00292. The minimum Gasteiger partial charge on any atom is -0.495 e. The number of anilines is 1. The van der Waals surface area contributed by atoms with Gasteiger partial charge in [-0.05, 0) is 30.2 Å². The van der Waals surface area contributed by atoms with Gasteiger partial charge in [0.05, 0.1) is 41.5 Å². The summed E-state index contributed by atoms with van der Waals surface area (Å²) in [5.74, 6) is 0.127. The van der Waals surface area contributed by atoms with E-state index in [1.165, 1.54) is 0 Å². The zero-order valence-corrected chi connectivity index (χ0v) is 18.1. The zero-order valence-electron chi connectivity index (χ0n) is 17.4. The highest BCUT2D eigenvalue weighted by Crippen LogP contribution is 2.35. The maximum atomic E-state index is 11.9. The first-order chi connectivity index (χ1) is 14.5. The molecule has 0 aliphatic heterocycles. The predicted octanol–water partition coefficient (Wildman–Crippen LogP) is 5.10. The second-order valence-corrected chi connectivity index (χ2v) is 7.44. The van der Waals surface area contributed by atoms with E-state index in [2.05, 4.69) is 17.2 Å². The van der Waals surface area contributed by atoms with Crippen molar-refractivity contribution < 1.29 is 14.3 Å². The lowest BCUT2D eigenvalue weighted by Crippen LogP contribution is -2.15. The van der Waals surface area contributed by atoms with Gasteiger partial charge in [0.15, 0.2) is 0 Å². The Hall–Kier alpha value is -2.83. The highest BCUT2D eigenvalue weighted by molar-refractivity contribution is 6.32. The van der Waals surface area contributed by atoms with Crippen molar-refractivity contribution in [3.05, 3.63) is 64.3 Å². The van der Waals surface area contributed by atoms with Crippen molar-refractivity contribution in [1.29, 1.82) is 0 Å². The number of aromatic nitrogens is 1. The number of hydrogen-bond acceptors (Lipinski definition) is 5. The van der Waals surface area contributed by atoms with Gasteiger partial charge in [0, 0.05) is 24.3 Å². The van der Waals surface area contributed by atoms with E-state index in [0.29, 0.717) is 28.5 Å². The molecule has 158 valence electrons. The molecular weight excluding hydrogens is 402 g/mol. The standard InChI is InChI=1S/C23H26ClN3O3/c1-4-6-19(14-9-10-20(30-3)18(24)11-14)27-21-15(13-29-2)12-26-22-16(21)7-5-8-17(22)23(25)28/h5,7-12,19H,4,6,13H2,1-3H3,(H2,25,28)(H,26,27)/t19-/m1/s1. The third-order valence-electron chi connectivity index (χ3n) is 5.02. The smallest absolute Gasteiger partial charge is 0.250 e. The van der Waals surface area contributed by atoms with Crippen molar-refractivity contribution >= 4 is 34.1 Å². The summed E-state index contributed by atoms with van der Waals surface area (Å²) in [5, 5.41) is 5.03. The molecule has 3 N–H and O–H groups in total. The van der Waals surface area contributed by atoms with E-state index in [0.717, 1.165) is 35.0 Å². The largest absolute Gasteiger partial charge is 0.495 e. The molecule has 0 unspecified atom stereocenters. The molecule has 1 amide bonds. The van der Waals surface area contributed by atoms with Crippen LogP contribution in [0.3, 0.4) is 0 Å². The van der Waals surface area contributed by atoms with Gasteiger partial charge >= 0.3 is 0 Å². The predicted molar refractivity (Wildman–Crippen MR) is 120 cm³/mol. The molecule has 30 heavy (non-hydrogen) atoms. The van der Waals surface area contributed by atoms with E-state index < -0.39 is 5.91 Å². The Bertz CT molecular complexity index is 1060. The quantitative estimate of drug-likeness (QED) is 0.496. The van der Waals surface area contributed by atoms with Crippen LogP contribution in [-0.4, -0.2) is 25.1 Å². The van der Waals surface area contributed by atoms with Crippen molar-refractivity contribution in [3.63, 3.8) is 0 Å². The van der Waals surface area contributed by atoms with Crippen molar-refractivity contribution in [2.45, 2.75) is 32.4 Å². The number of benzene rings is 2. The second-order valence-electron chi connectivity index (χ2n) is 7.04. The number of nitrogens with two attached hydrogens (primary N) is 1. The maximum absolute atomic E-state index is 11.9. The topological polar surface area (TPSA) is 86.5 Å². The fraction of sp³-hybridized carbons (Fsp3) is 0.304. The number of pyridine rings is 1. The third kappa shape index (κ3) is 4.50. The molecule has 0 aliphatic carbocycles. The molecule has 0 saturated heterocycles. The van der Waals surface area contributed by atoms with Crippen LogP contribution in [0.4, 0.5) is 5.69 Å². The molecule has 3 rings (SSSR count). The fourth-order valence-corrected chi connectivity index (χ4v) is 3.85. The molecule has 0 fully saturated rings. The number of ether oxygens (including phenoxy) is 2. The van der Waals surface area contributed by atoms with Crippen LogP contribution in [0, 0.1) is 0 Å². The van der Waals surface area contributed by atoms with Crippen molar-refractivity contribution in [1.82, 2.24) is 4.98 Å². The lowest BCUT2D eigenvalue weighted by Gasteiger charge is -2.24. The molecule has 0 bridgehead atoms. The van der Waals surface area contributed by atoms with Crippen LogP contribution >= 0.6 is 11.6 Å². The van der Waals surface area contributed by atoms with Gasteiger partial charge in [-0.2, -0.15) is 0 Å². The summed E-state index contributed by atoms with van der Waals surface area (Å²) < 4.78 is 10.7. The number of rotatable bonds is 9. The molecule has 0 spiro atoms. The van der Waals surface area contributed by atoms with Gasteiger partial charge in [0.25, 0.3) is 5.91 Å². The van der Waals surface area contributed by atoms with Crippen molar-refractivity contribution in [2.75, 3.05) is 19.5 Å². The summed E-state index contributed by atoms with van der Waals surface area (Å²) in [5.41, 5.74) is 9.32. The normalized spacial score (nSPS) is 12.0. The van der Waals surface area contributed by atoms with Crippen LogP contribution in [0.1, 0.15) is 47.3 Å². The Morgan fingerprint density at radius 3 is 2.70 bits per heavy atom. The van der Waals surface area contributed by atoms with Crippen molar-refractivity contribution in [2.24, 2.45) is 5.73 Å². The number of hydrogen-bond donors (Lipinski definition) is 2. The Labute approximate surface area is 181 Å². The van der Waals surface area contributed by atoms with Crippen LogP contribution in [0.25, 0.3) is 10.9 Å². The molecule has 6 nitrogen and oxygen atoms in total. The number of nitrogens with zero attached hydrogens (tertiary/aromatic N) is 1. The van der Waals surface area contributed by atoms with Crippen LogP contribution in [0.2, 0.25) is 5.02 Å². The first-order valence-corrected chi connectivity index (χ1v) is 10.2. The first kappa shape index (κ1) is 21.9. The van der Waals surface area contributed by atoms with Gasteiger partial charge < -0.3 is 20.5 Å². The highest BCUT2D eigenvalue weighted by Gasteiger charge is 2.19. The van der Waals surface area contributed by atoms with Gasteiger partial charge in [-0.25, -0.2) is 0 Å². The number of methoxy groups -OCH3 is 2. The molecule has 0 aliphatic rings. The summed E-state index contributed by atoms with van der Waals surface area (Å²) in [6, 6.07) is 11.2. The average molecular weight is 428 g/mol.